The molecule has 2 aromatic carbocycles. The zero-order chi connectivity index (χ0) is 23.5. The molecule has 0 radical (unpaired) electrons. The molecule has 0 aliphatic heterocycles. The predicted octanol–water partition coefficient (Wildman–Crippen LogP) is 2.53. The molecule has 5 rings (SSSR count). The molecule has 9 heteroatoms. The van der Waals surface area contributed by atoms with Gasteiger partial charge in [0.15, 0.2) is 5.82 Å². The van der Waals surface area contributed by atoms with Crippen molar-refractivity contribution in [1.82, 2.24) is 29.9 Å². The van der Waals surface area contributed by atoms with Gasteiger partial charge in [0.2, 0.25) is 0 Å². The molecule has 0 aliphatic carbocycles. The Kier molecular flexibility index (Phi) is 5.65. The number of carbonyl (C=O) groups is 1. The number of carbonyl (C=O) groups excluding carboxylic acids is 1. The average molecular weight is 454 g/mol. The minimum absolute atomic E-state index is 0.0363. The van der Waals surface area contributed by atoms with Crippen molar-refractivity contribution in [2.45, 2.75) is 19.6 Å². The highest BCUT2D eigenvalue weighted by atomic mass is 16.1. The molecule has 5 aromatic rings. The van der Waals surface area contributed by atoms with Crippen molar-refractivity contribution in [1.29, 1.82) is 0 Å². The smallest absolute Gasteiger partial charge is 0.256 e. The summed E-state index contributed by atoms with van der Waals surface area (Å²) in [7, 11) is 0. The van der Waals surface area contributed by atoms with Gasteiger partial charge in [0.1, 0.15) is 5.56 Å². The Morgan fingerprint density at radius 1 is 1.00 bits per heavy atom. The molecule has 170 valence electrons. The minimum Gasteiger partial charge on any atom is -0.382 e. The molecule has 3 heterocycles. The summed E-state index contributed by atoms with van der Waals surface area (Å²) in [4.78, 5) is 24.6. The van der Waals surface area contributed by atoms with Crippen LogP contribution in [-0.2, 0) is 19.6 Å². The molecule has 0 bridgehead atoms. The molecule has 0 saturated carbocycles. The first kappa shape index (κ1) is 21.2. The maximum atomic E-state index is 12.7. The third-order valence-corrected chi connectivity index (χ3v) is 5.67. The largest absolute Gasteiger partial charge is 0.382 e. The molecule has 3 aromatic heterocycles. The molecule has 0 saturated heterocycles. The third kappa shape index (κ3) is 4.44. The van der Waals surface area contributed by atoms with Crippen molar-refractivity contribution in [3.63, 3.8) is 0 Å². The maximum Gasteiger partial charge on any atom is 0.256 e. The number of hydrogen-bond acceptors (Lipinski definition) is 5. The molecule has 9 nitrogen and oxygen atoms in total. The molecule has 34 heavy (non-hydrogen) atoms. The molecule has 0 atom stereocenters. The summed E-state index contributed by atoms with van der Waals surface area (Å²) in [5.41, 5.74) is 10.2. The molecule has 0 fully saturated rings. The fourth-order valence-corrected chi connectivity index (χ4v) is 3.87. The van der Waals surface area contributed by atoms with E-state index in [0.29, 0.717) is 25.2 Å². The summed E-state index contributed by atoms with van der Waals surface area (Å²) in [5, 5.41) is 15.1. The van der Waals surface area contributed by atoms with E-state index in [1.54, 1.807) is 40.0 Å². The molecule has 0 spiro atoms. The summed E-state index contributed by atoms with van der Waals surface area (Å²) in [5.74, 6) is -0.105. The van der Waals surface area contributed by atoms with Crippen LogP contribution in [-0.4, -0.2) is 30.5 Å². The molecule has 0 unspecified atom stereocenters. The number of nitrogens with zero attached hydrogens (tertiary/aromatic N) is 4. The van der Waals surface area contributed by atoms with Crippen molar-refractivity contribution < 1.29 is 4.79 Å². The maximum absolute atomic E-state index is 12.7. The Bertz CT molecular complexity index is 1510. The summed E-state index contributed by atoms with van der Waals surface area (Å²) >= 11 is 0. The predicted molar refractivity (Wildman–Crippen MR) is 129 cm³/mol. The van der Waals surface area contributed by atoms with Crippen LogP contribution in [0.4, 0.5) is 5.82 Å². The first-order valence-corrected chi connectivity index (χ1v) is 10.8. The van der Waals surface area contributed by atoms with Crippen LogP contribution in [0.1, 0.15) is 27.0 Å². The van der Waals surface area contributed by atoms with Gasteiger partial charge in [-0.25, -0.2) is 0 Å². The highest BCUT2D eigenvalue weighted by Crippen LogP contribution is 2.17. The van der Waals surface area contributed by atoms with Gasteiger partial charge in [0.25, 0.3) is 11.5 Å². The van der Waals surface area contributed by atoms with Gasteiger partial charge in [0.05, 0.1) is 24.8 Å². The number of aromatic nitrogens is 5. The number of hydrogen-bond donors (Lipinski definition) is 3. The quantitative estimate of drug-likeness (QED) is 0.349. The second kappa shape index (κ2) is 9.07. The van der Waals surface area contributed by atoms with E-state index in [4.69, 9.17) is 5.73 Å². The zero-order valence-electron chi connectivity index (χ0n) is 18.3. The topological polar surface area (TPSA) is 124 Å². The Balaban J connectivity index is 1.23. The van der Waals surface area contributed by atoms with E-state index in [2.05, 4.69) is 20.6 Å². The lowest BCUT2D eigenvalue weighted by Gasteiger charge is -2.07. The van der Waals surface area contributed by atoms with Gasteiger partial charge in [-0.1, -0.05) is 42.5 Å². The SMILES string of the molecule is Nc1nn(Cc2ccc(Cn3ccccc3=O)cc2)cc1C(=O)NCc1cccc2[nH]ncc12. The van der Waals surface area contributed by atoms with Crippen LogP contribution in [0.15, 0.2) is 84.0 Å². The van der Waals surface area contributed by atoms with Crippen molar-refractivity contribution >= 4 is 22.6 Å². The number of fused-ring (bicyclic) bond motifs is 1. The van der Waals surface area contributed by atoms with Crippen LogP contribution in [0, 0.1) is 0 Å². The van der Waals surface area contributed by atoms with E-state index < -0.39 is 0 Å². The van der Waals surface area contributed by atoms with E-state index in [-0.39, 0.29) is 17.3 Å². The lowest BCUT2D eigenvalue weighted by molar-refractivity contribution is 0.0952. The van der Waals surface area contributed by atoms with Crippen LogP contribution < -0.4 is 16.6 Å². The van der Waals surface area contributed by atoms with E-state index >= 15 is 0 Å². The summed E-state index contributed by atoms with van der Waals surface area (Å²) < 4.78 is 3.30. The highest BCUT2D eigenvalue weighted by molar-refractivity contribution is 5.98. The van der Waals surface area contributed by atoms with Crippen LogP contribution in [0.2, 0.25) is 0 Å². The van der Waals surface area contributed by atoms with Crippen LogP contribution >= 0.6 is 0 Å². The van der Waals surface area contributed by atoms with Crippen molar-refractivity contribution in [3.05, 3.63) is 112 Å². The van der Waals surface area contributed by atoms with Gasteiger partial charge in [0, 0.05) is 30.4 Å². The second-order valence-corrected chi connectivity index (χ2v) is 8.04. The number of pyridine rings is 1. The van der Waals surface area contributed by atoms with Gasteiger partial charge in [-0.15, -0.1) is 0 Å². The van der Waals surface area contributed by atoms with Gasteiger partial charge >= 0.3 is 0 Å². The lowest BCUT2D eigenvalue weighted by atomic mass is 10.1. The molecular formula is C25H23N7O2. The number of benzene rings is 2. The Hall–Kier alpha value is -4.66. The zero-order valence-corrected chi connectivity index (χ0v) is 18.3. The van der Waals surface area contributed by atoms with Gasteiger partial charge in [-0.05, 0) is 28.8 Å². The lowest BCUT2D eigenvalue weighted by Crippen LogP contribution is -2.23. The first-order valence-electron chi connectivity index (χ1n) is 10.8. The third-order valence-electron chi connectivity index (χ3n) is 5.67. The van der Waals surface area contributed by atoms with Crippen LogP contribution in [0.3, 0.4) is 0 Å². The van der Waals surface area contributed by atoms with Gasteiger partial charge in [-0.3, -0.25) is 19.4 Å². The number of nitrogens with two attached hydrogens (primary N) is 1. The van der Waals surface area contributed by atoms with E-state index in [1.165, 1.54) is 0 Å². The standard InChI is InChI=1S/C25H23N7O2/c26-24-21(25(34)27-12-19-4-3-5-22-20(19)13-28-29-22)16-32(30-24)15-18-9-7-17(8-10-18)14-31-11-2-1-6-23(31)33/h1-11,13,16H,12,14-15H2,(H2,26,30)(H,27,34)(H,28,29). The molecule has 4 N–H and O–H groups in total. The average Bonchev–Trinajstić information content (AvgIpc) is 3.47. The van der Waals surface area contributed by atoms with Crippen LogP contribution in [0.25, 0.3) is 10.9 Å². The summed E-state index contributed by atoms with van der Waals surface area (Å²) in [6.07, 6.45) is 5.16. The van der Waals surface area contributed by atoms with Crippen molar-refractivity contribution in [3.8, 4) is 0 Å². The Labute approximate surface area is 194 Å². The van der Waals surface area contributed by atoms with Crippen molar-refractivity contribution in [2.24, 2.45) is 0 Å². The fraction of sp³-hybridized carbons (Fsp3) is 0.120. The second-order valence-electron chi connectivity index (χ2n) is 8.04. The number of amides is 1. The van der Waals surface area contributed by atoms with Crippen molar-refractivity contribution in [2.75, 3.05) is 5.73 Å². The number of nitrogens with one attached hydrogen (secondary N) is 2. The number of nitrogen functional groups attached to an aromatic ring is 1. The minimum atomic E-state index is -0.284. The van der Waals surface area contributed by atoms with Gasteiger partial charge < -0.3 is 15.6 Å². The number of anilines is 1. The molecule has 0 aliphatic rings. The fourth-order valence-electron chi connectivity index (χ4n) is 3.87. The molecule has 1 amide bonds. The van der Waals surface area contributed by atoms with Crippen LogP contribution in [0.5, 0.6) is 0 Å². The Morgan fingerprint density at radius 2 is 1.79 bits per heavy atom. The number of aromatic amines is 1. The normalized spacial score (nSPS) is 11.1. The number of rotatable bonds is 7. The monoisotopic (exact) mass is 453 g/mol. The van der Waals surface area contributed by atoms with E-state index in [9.17, 15) is 9.59 Å². The molecular weight excluding hydrogens is 430 g/mol. The van der Waals surface area contributed by atoms with E-state index in [1.807, 2.05) is 48.5 Å². The first-order chi connectivity index (χ1) is 16.6. The highest BCUT2D eigenvalue weighted by Gasteiger charge is 2.15. The number of H-pyrrole nitrogens is 1. The summed E-state index contributed by atoms with van der Waals surface area (Å²) in [6.45, 7) is 1.33. The van der Waals surface area contributed by atoms with E-state index in [0.717, 1.165) is 27.6 Å². The Morgan fingerprint density at radius 3 is 2.59 bits per heavy atom. The summed E-state index contributed by atoms with van der Waals surface area (Å²) in [6, 6.07) is 18.8. The van der Waals surface area contributed by atoms with Gasteiger partial charge in [-0.2, -0.15) is 10.2 Å².